The predicted molar refractivity (Wildman–Crippen MR) is 83.4 cm³/mol. The Bertz CT molecular complexity index is 883. The number of hydrogen-bond donors (Lipinski definition) is 0. The molecule has 1 atom stereocenters. The fourth-order valence-corrected chi connectivity index (χ4v) is 4.56. The molecule has 0 saturated heterocycles. The highest BCUT2D eigenvalue weighted by Gasteiger charge is 2.34. The zero-order valence-corrected chi connectivity index (χ0v) is 13.8. The molecule has 0 aliphatic heterocycles. The van der Waals surface area contributed by atoms with Gasteiger partial charge >= 0.3 is 0 Å². The fourth-order valence-electron chi connectivity index (χ4n) is 3.14. The number of halogens is 3. The lowest BCUT2D eigenvalue weighted by atomic mass is 9.88. The van der Waals surface area contributed by atoms with E-state index in [9.17, 15) is 21.6 Å². The maximum Gasteiger partial charge on any atom is 0.246 e. The molecule has 0 saturated carbocycles. The van der Waals surface area contributed by atoms with Gasteiger partial charge in [-0.3, -0.25) is 0 Å². The van der Waals surface area contributed by atoms with Crippen molar-refractivity contribution in [2.24, 2.45) is 0 Å². The second-order valence-electron chi connectivity index (χ2n) is 5.80. The Kier molecular flexibility index (Phi) is 4.40. The van der Waals surface area contributed by atoms with Crippen LogP contribution >= 0.6 is 0 Å². The van der Waals surface area contributed by atoms with E-state index in [1.54, 1.807) is 0 Å². The maximum absolute atomic E-state index is 14.0. The molecule has 0 bridgehead atoms. The molecule has 0 spiro atoms. The predicted octanol–water partition coefficient (Wildman–Crippen LogP) is 3.80. The molecule has 0 amide bonds. The molecule has 0 fully saturated rings. The number of rotatable bonds is 3. The molecule has 0 aromatic heterocycles. The van der Waals surface area contributed by atoms with Crippen LogP contribution in [0.3, 0.4) is 0 Å². The van der Waals surface area contributed by atoms with Gasteiger partial charge in [-0.05, 0) is 42.5 Å². The van der Waals surface area contributed by atoms with E-state index in [-0.39, 0.29) is 0 Å². The first kappa shape index (κ1) is 17.0. The zero-order valence-electron chi connectivity index (χ0n) is 13.0. The molecule has 3 nitrogen and oxygen atoms in total. The molecule has 2 aromatic carbocycles. The van der Waals surface area contributed by atoms with E-state index in [2.05, 4.69) is 0 Å². The third kappa shape index (κ3) is 2.71. The summed E-state index contributed by atoms with van der Waals surface area (Å²) in [7, 11) is -2.96. The van der Waals surface area contributed by atoms with Gasteiger partial charge in [0.1, 0.15) is 4.90 Å². The van der Waals surface area contributed by atoms with Crippen molar-refractivity contribution in [3.8, 4) is 0 Å². The average Bonchev–Trinajstić information content (AvgIpc) is 2.58. The molecule has 1 aliphatic carbocycles. The van der Waals surface area contributed by atoms with E-state index in [1.807, 2.05) is 24.3 Å². The molecule has 0 unspecified atom stereocenters. The van der Waals surface area contributed by atoms with Gasteiger partial charge in [0.05, 0.1) is 0 Å². The van der Waals surface area contributed by atoms with Crippen molar-refractivity contribution in [1.29, 1.82) is 0 Å². The highest BCUT2D eigenvalue weighted by Crippen LogP contribution is 2.36. The number of fused-ring (bicyclic) bond motifs is 1. The quantitative estimate of drug-likeness (QED) is 0.786. The van der Waals surface area contributed by atoms with Crippen molar-refractivity contribution >= 4 is 10.0 Å². The van der Waals surface area contributed by atoms with Crippen LogP contribution in [-0.2, 0) is 16.4 Å². The lowest BCUT2D eigenvalue weighted by Gasteiger charge is -2.32. The van der Waals surface area contributed by atoms with Gasteiger partial charge < -0.3 is 0 Å². The normalized spacial score (nSPS) is 17.8. The van der Waals surface area contributed by atoms with Gasteiger partial charge in [0.2, 0.25) is 10.0 Å². The van der Waals surface area contributed by atoms with Crippen LogP contribution in [0.1, 0.15) is 30.0 Å². The lowest BCUT2D eigenvalue weighted by Crippen LogP contribution is -2.34. The van der Waals surface area contributed by atoms with Crippen molar-refractivity contribution in [3.05, 3.63) is 65.0 Å². The number of hydrogen-bond acceptors (Lipinski definition) is 2. The van der Waals surface area contributed by atoms with Crippen molar-refractivity contribution in [2.75, 3.05) is 7.05 Å². The Balaban J connectivity index is 2.04. The van der Waals surface area contributed by atoms with Gasteiger partial charge in [-0.2, -0.15) is 4.31 Å². The first-order valence-electron chi connectivity index (χ1n) is 7.53. The van der Waals surface area contributed by atoms with Crippen LogP contribution in [-0.4, -0.2) is 19.8 Å². The van der Waals surface area contributed by atoms with E-state index in [1.165, 1.54) is 7.05 Å². The van der Waals surface area contributed by atoms with Crippen LogP contribution in [0.25, 0.3) is 0 Å². The molecule has 3 rings (SSSR count). The van der Waals surface area contributed by atoms with Crippen LogP contribution in [0.4, 0.5) is 13.2 Å². The summed E-state index contributed by atoms with van der Waals surface area (Å²) in [5.74, 6) is -4.89. The SMILES string of the molecule is CN([C@@H]1CCCc2ccccc21)S(=O)(=O)c1ccc(F)c(F)c1F. The lowest BCUT2D eigenvalue weighted by molar-refractivity contribution is 0.334. The summed E-state index contributed by atoms with van der Waals surface area (Å²) in [6.07, 6.45) is 2.22. The minimum Gasteiger partial charge on any atom is -0.207 e. The molecule has 0 heterocycles. The highest BCUT2D eigenvalue weighted by molar-refractivity contribution is 7.89. The third-order valence-corrected chi connectivity index (χ3v) is 6.32. The van der Waals surface area contributed by atoms with E-state index in [0.717, 1.165) is 34.3 Å². The van der Waals surface area contributed by atoms with Gasteiger partial charge in [-0.15, -0.1) is 0 Å². The molecule has 0 radical (unpaired) electrons. The second-order valence-corrected chi connectivity index (χ2v) is 7.77. The van der Waals surface area contributed by atoms with Crippen LogP contribution in [0.2, 0.25) is 0 Å². The second kappa shape index (κ2) is 6.22. The summed E-state index contributed by atoms with van der Waals surface area (Å²) in [6, 6.07) is 8.38. The van der Waals surface area contributed by atoms with E-state index >= 15 is 0 Å². The Morgan fingerprint density at radius 2 is 1.75 bits per heavy atom. The number of sulfonamides is 1. The Morgan fingerprint density at radius 3 is 2.50 bits per heavy atom. The average molecular weight is 355 g/mol. The topological polar surface area (TPSA) is 37.4 Å². The minimum absolute atomic E-state index is 0.465. The van der Waals surface area contributed by atoms with Crippen molar-refractivity contribution in [3.63, 3.8) is 0 Å². The largest absolute Gasteiger partial charge is 0.246 e. The number of nitrogens with zero attached hydrogens (tertiary/aromatic N) is 1. The van der Waals surface area contributed by atoms with Crippen LogP contribution < -0.4 is 0 Å². The van der Waals surface area contributed by atoms with E-state index in [0.29, 0.717) is 12.5 Å². The molecular formula is C17H16F3NO2S. The Labute approximate surface area is 138 Å². The summed E-state index contributed by atoms with van der Waals surface area (Å²) in [6.45, 7) is 0. The van der Waals surface area contributed by atoms with Crippen LogP contribution in [0.5, 0.6) is 0 Å². The summed E-state index contributed by atoms with van der Waals surface area (Å²) >= 11 is 0. The molecule has 7 heteroatoms. The number of benzene rings is 2. The van der Waals surface area contributed by atoms with Crippen molar-refractivity contribution < 1.29 is 21.6 Å². The first-order chi connectivity index (χ1) is 11.3. The highest BCUT2D eigenvalue weighted by atomic mass is 32.2. The van der Waals surface area contributed by atoms with Gasteiger partial charge in [0.25, 0.3) is 0 Å². The van der Waals surface area contributed by atoms with Crippen molar-refractivity contribution in [2.45, 2.75) is 30.2 Å². The van der Waals surface area contributed by atoms with Gasteiger partial charge in [0, 0.05) is 13.1 Å². The van der Waals surface area contributed by atoms with Gasteiger partial charge in [-0.25, -0.2) is 21.6 Å². The van der Waals surface area contributed by atoms with Gasteiger partial charge in [-0.1, -0.05) is 24.3 Å². The molecule has 24 heavy (non-hydrogen) atoms. The zero-order chi connectivity index (χ0) is 17.5. The minimum atomic E-state index is -4.30. The van der Waals surface area contributed by atoms with Gasteiger partial charge in [0.15, 0.2) is 17.5 Å². The molecule has 128 valence electrons. The summed E-state index contributed by atoms with van der Waals surface area (Å²) in [5.41, 5.74) is 1.90. The summed E-state index contributed by atoms with van der Waals surface area (Å²) in [4.78, 5) is -0.855. The molecule has 1 aliphatic rings. The monoisotopic (exact) mass is 355 g/mol. The Hall–Kier alpha value is -1.86. The number of aryl methyl sites for hydroxylation is 1. The molecular weight excluding hydrogens is 339 g/mol. The standard InChI is InChI=1S/C17H16F3NO2S/c1-21(14-8-4-6-11-5-2-3-7-12(11)14)24(22,23)15-10-9-13(18)16(19)17(15)20/h2-3,5,7,9-10,14H,4,6,8H2,1H3/t14-/m1/s1. The molecule has 2 aromatic rings. The summed E-state index contributed by atoms with van der Waals surface area (Å²) < 4.78 is 67.0. The Morgan fingerprint density at radius 1 is 1.04 bits per heavy atom. The fraction of sp³-hybridized carbons (Fsp3) is 0.294. The molecule has 0 N–H and O–H groups in total. The van der Waals surface area contributed by atoms with E-state index < -0.39 is 38.4 Å². The maximum atomic E-state index is 14.0. The van der Waals surface area contributed by atoms with Crippen LogP contribution in [0, 0.1) is 17.5 Å². The third-order valence-electron chi connectivity index (χ3n) is 4.43. The first-order valence-corrected chi connectivity index (χ1v) is 8.97. The summed E-state index contributed by atoms with van der Waals surface area (Å²) in [5, 5.41) is 0. The smallest absolute Gasteiger partial charge is 0.207 e. The van der Waals surface area contributed by atoms with Crippen molar-refractivity contribution in [1.82, 2.24) is 4.31 Å². The van der Waals surface area contributed by atoms with E-state index in [4.69, 9.17) is 0 Å². The van der Waals surface area contributed by atoms with Crippen LogP contribution in [0.15, 0.2) is 41.3 Å².